The Balaban J connectivity index is 4.91. The molecule has 0 aliphatic heterocycles. The molecule has 3 nitrogen and oxygen atoms in total. The van der Waals surface area contributed by atoms with Crippen LogP contribution in [-0.4, -0.2) is 43.3 Å². The van der Waals surface area contributed by atoms with Crippen LogP contribution in [0.3, 0.4) is 0 Å². The zero-order valence-corrected chi connectivity index (χ0v) is 14.0. The Morgan fingerprint density at radius 3 is 2.16 bits per heavy atom. The van der Waals surface area contributed by atoms with Crippen molar-refractivity contribution in [3.05, 3.63) is 0 Å². The fraction of sp³-hybridized carbons (Fsp3) is 1.00. The molecule has 1 atom stereocenters. The first kappa shape index (κ1) is 18.9. The van der Waals surface area contributed by atoms with E-state index in [0.29, 0.717) is 6.04 Å². The van der Waals surface area contributed by atoms with Crippen molar-refractivity contribution in [3.63, 3.8) is 0 Å². The summed E-state index contributed by atoms with van der Waals surface area (Å²) in [5, 5.41) is 0. The van der Waals surface area contributed by atoms with Crippen molar-refractivity contribution in [1.82, 2.24) is 4.90 Å². The van der Waals surface area contributed by atoms with Crippen LogP contribution in [0.25, 0.3) is 0 Å². The molecule has 0 saturated carbocycles. The first-order valence-corrected chi connectivity index (χ1v) is 7.90. The Morgan fingerprint density at radius 1 is 1.21 bits per heavy atom. The van der Waals surface area contributed by atoms with Crippen molar-refractivity contribution in [1.29, 1.82) is 0 Å². The van der Waals surface area contributed by atoms with Crippen LogP contribution < -0.4 is 5.73 Å². The molecule has 1 unspecified atom stereocenters. The van der Waals surface area contributed by atoms with Crippen LogP contribution in [-0.2, 0) is 4.74 Å². The lowest BCUT2D eigenvalue weighted by Gasteiger charge is -2.45. The van der Waals surface area contributed by atoms with Gasteiger partial charge in [0.25, 0.3) is 0 Å². The number of nitrogens with zero attached hydrogens (tertiary/aromatic N) is 1. The first-order valence-electron chi connectivity index (χ1n) is 7.90. The van der Waals surface area contributed by atoms with Gasteiger partial charge in [-0.2, -0.15) is 0 Å². The molecule has 0 aliphatic carbocycles. The van der Waals surface area contributed by atoms with Gasteiger partial charge in [0.1, 0.15) is 0 Å². The van der Waals surface area contributed by atoms with Gasteiger partial charge in [-0.25, -0.2) is 0 Å². The van der Waals surface area contributed by atoms with E-state index in [0.717, 1.165) is 25.6 Å². The van der Waals surface area contributed by atoms with E-state index >= 15 is 0 Å². The Kier molecular flexibility index (Phi) is 9.67. The van der Waals surface area contributed by atoms with Crippen LogP contribution in [0.4, 0.5) is 0 Å². The lowest BCUT2D eigenvalue weighted by Crippen LogP contribution is -2.56. The number of rotatable bonds is 11. The van der Waals surface area contributed by atoms with Crippen LogP contribution in [0.15, 0.2) is 0 Å². The fourth-order valence-corrected chi connectivity index (χ4v) is 2.77. The van der Waals surface area contributed by atoms with Gasteiger partial charge in [-0.1, -0.05) is 27.7 Å². The molecule has 0 aromatic carbocycles. The van der Waals surface area contributed by atoms with E-state index in [9.17, 15) is 0 Å². The van der Waals surface area contributed by atoms with Gasteiger partial charge < -0.3 is 10.5 Å². The van der Waals surface area contributed by atoms with Gasteiger partial charge >= 0.3 is 0 Å². The van der Waals surface area contributed by atoms with Crippen LogP contribution in [0.1, 0.15) is 60.3 Å². The molecule has 19 heavy (non-hydrogen) atoms. The quantitative estimate of drug-likeness (QED) is 0.627. The predicted molar refractivity (Wildman–Crippen MR) is 84.5 cm³/mol. The van der Waals surface area contributed by atoms with Gasteiger partial charge in [-0.3, -0.25) is 4.90 Å². The van der Waals surface area contributed by atoms with Gasteiger partial charge in [0.05, 0.1) is 6.61 Å². The molecule has 0 aliphatic rings. The zero-order chi connectivity index (χ0) is 14.9. The smallest absolute Gasteiger partial charge is 0.0590 e. The second kappa shape index (κ2) is 9.73. The van der Waals surface area contributed by atoms with Gasteiger partial charge in [0, 0.05) is 31.8 Å². The molecule has 0 fully saturated rings. The summed E-state index contributed by atoms with van der Waals surface area (Å²) in [6, 6.07) is 0.607. The second-order valence-electron chi connectivity index (χ2n) is 6.29. The Bertz CT molecular complexity index is 217. The number of ether oxygens (including phenoxy) is 1. The SMILES string of the molecule is CCC(CC)N(CCOC)C(C)(CN)CCC(C)C. The maximum Gasteiger partial charge on any atom is 0.0590 e. The Hall–Kier alpha value is -0.120. The van der Waals surface area contributed by atoms with E-state index < -0.39 is 0 Å². The molecule has 0 bridgehead atoms. The Morgan fingerprint density at radius 2 is 1.79 bits per heavy atom. The van der Waals surface area contributed by atoms with E-state index in [4.69, 9.17) is 10.5 Å². The van der Waals surface area contributed by atoms with E-state index in [1.165, 1.54) is 25.7 Å². The number of nitrogens with two attached hydrogens (primary N) is 1. The van der Waals surface area contributed by atoms with Crippen molar-refractivity contribution in [2.24, 2.45) is 11.7 Å². The minimum Gasteiger partial charge on any atom is -0.383 e. The standard InChI is InChI=1S/C16H36N2O/c1-7-15(8-2)18(11-12-19-6)16(5,13-17)10-9-14(3)4/h14-15H,7-13,17H2,1-6H3. The molecular formula is C16H36N2O. The lowest BCUT2D eigenvalue weighted by molar-refractivity contribution is 0.0218. The van der Waals surface area contributed by atoms with Crippen molar-refractivity contribution in [2.45, 2.75) is 71.9 Å². The second-order valence-corrected chi connectivity index (χ2v) is 6.29. The van der Waals surface area contributed by atoms with Crippen molar-refractivity contribution >= 4 is 0 Å². The number of hydrogen-bond acceptors (Lipinski definition) is 3. The first-order chi connectivity index (χ1) is 8.95. The highest BCUT2D eigenvalue weighted by atomic mass is 16.5. The normalized spacial score (nSPS) is 15.5. The lowest BCUT2D eigenvalue weighted by atomic mass is 9.88. The van der Waals surface area contributed by atoms with Gasteiger partial charge in [0.15, 0.2) is 0 Å². The molecule has 0 saturated heterocycles. The summed E-state index contributed by atoms with van der Waals surface area (Å²) in [5.41, 5.74) is 6.23. The molecule has 2 N–H and O–H groups in total. The number of hydrogen-bond donors (Lipinski definition) is 1. The van der Waals surface area contributed by atoms with Crippen LogP contribution in [0, 0.1) is 5.92 Å². The van der Waals surface area contributed by atoms with E-state index in [-0.39, 0.29) is 5.54 Å². The molecule has 116 valence electrons. The summed E-state index contributed by atoms with van der Waals surface area (Å²) in [6.45, 7) is 13.9. The van der Waals surface area contributed by atoms with Crippen LogP contribution in [0.5, 0.6) is 0 Å². The van der Waals surface area contributed by atoms with Crippen LogP contribution >= 0.6 is 0 Å². The highest BCUT2D eigenvalue weighted by Gasteiger charge is 2.33. The van der Waals surface area contributed by atoms with Crippen molar-refractivity contribution < 1.29 is 4.74 Å². The summed E-state index contributed by atoms with van der Waals surface area (Å²) in [7, 11) is 1.78. The van der Waals surface area contributed by atoms with Crippen molar-refractivity contribution in [2.75, 3.05) is 26.8 Å². The topological polar surface area (TPSA) is 38.5 Å². The van der Waals surface area contributed by atoms with Crippen LogP contribution in [0.2, 0.25) is 0 Å². The Labute approximate surface area is 120 Å². The molecule has 0 aromatic heterocycles. The van der Waals surface area contributed by atoms with E-state index in [1.807, 2.05) is 0 Å². The summed E-state index contributed by atoms with van der Waals surface area (Å²) < 4.78 is 5.29. The van der Waals surface area contributed by atoms with Gasteiger partial charge in [-0.15, -0.1) is 0 Å². The maximum absolute atomic E-state index is 6.13. The third-order valence-electron chi connectivity index (χ3n) is 4.31. The van der Waals surface area contributed by atoms with Gasteiger partial charge in [0.2, 0.25) is 0 Å². The van der Waals surface area contributed by atoms with Crippen molar-refractivity contribution in [3.8, 4) is 0 Å². The molecule has 0 spiro atoms. The fourth-order valence-electron chi connectivity index (χ4n) is 2.77. The third-order valence-corrected chi connectivity index (χ3v) is 4.31. The van der Waals surface area contributed by atoms with E-state index in [2.05, 4.69) is 39.5 Å². The monoisotopic (exact) mass is 272 g/mol. The minimum absolute atomic E-state index is 0.0967. The summed E-state index contributed by atoms with van der Waals surface area (Å²) >= 11 is 0. The molecular weight excluding hydrogens is 236 g/mol. The zero-order valence-electron chi connectivity index (χ0n) is 14.0. The maximum atomic E-state index is 6.13. The average molecular weight is 272 g/mol. The third kappa shape index (κ3) is 6.24. The highest BCUT2D eigenvalue weighted by Crippen LogP contribution is 2.27. The van der Waals surface area contributed by atoms with E-state index in [1.54, 1.807) is 7.11 Å². The number of methoxy groups -OCH3 is 1. The summed E-state index contributed by atoms with van der Waals surface area (Å²) in [4.78, 5) is 2.60. The molecule has 0 aromatic rings. The highest BCUT2D eigenvalue weighted by molar-refractivity contribution is 4.91. The largest absolute Gasteiger partial charge is 0.383 e. The average Bonchev–Trinajstić information content (AvgIpc) is 2.40. The summed E-state index contributed by atoms with van der Waals surface area (Å²) in [5.74, 6) is 0.733. The predicted octanol–water partition coefficient (Wildman–Crippen LogP) is 3.28. The molecule has 0 radical (unpaired) electrons. The molecule has 3 heteroatoms. The van der Waals surface area contributed by atoms with Gasteiger partial charge in [-0.05, 0) is 38.5 Å². The minimum atomic E-state index is 0.0967. The molecule has 0 amide bonds. The summed E-state index contributed by atoms with van der Waals surface area (Å²) in [6.07, 6.45) is 4.76. The molecule has 0 heterocycles. The molecule has 0 rings (SSSR count).